The van der Waals surface area contributed by atoms with Crippen LogP contribution in [0.15, 0.2) is 18.2 Å². The maximum absolute atomic E-state index is 9.46. The van der Waals surface area contributed by atoms with Crippen molar-refractivity contribution in [2.24, 2.45) is 11.8 Å². The molecule has 0 bridgehead atoms. The van der Waals surface area contributed by atoms with Gasteiger partial charge < -0.3 is 15.2 Å². The predicted octanol–water partition coefficient (Wildman–Crippen LogP) is 2.60. The Morgan fingerprint density at radius 3 is 2.56 bits per heavy atom. The third kappa shape index (κ3) is 1.87. The predicted molar refractivity (Wildman–Crippen MR) is 68.7 cm³/mol. The zero-order chi connectivity index (χ0) is 12.1. The lowest BCUT2D eigenvalue weighted by Gasteiger charge is -2.22. The Labute approximate surface area is 107 Å². The highest BCUT2D eigenvalue weighted by atomic mass is 16.5. The van der Waals surface area contributed by atoms with E-state index in [2.05, 4.69) is 5.32 Å². The number of fused-ring (bicyclic) bond motifs is 1. The van der Waals surface area contributed by atoms with Crippen LogP contribution in [0.5, 0.6) is 11.5 Å². The van der Waals surface area contributed by atoms with Crippen LogP contribution >= 0.6 is 0 Å². The lowest BCUT2D eigenvalue weighted by molar-refractivity contribution is 0.279. The highest BCUT2D eigenvalue weighted by Crippen LogP contribution is 2.46. The molecular formula is C15H19NO2. The van der Waals surface area contributed by atoms with Gasteiger partial charge in [-0.1, -0.05) is 0 Å². The van der Waals surface area contributed by atoms with Gasteiger partial charge in [-0.25, -0.2) is 0 Å². The number of phenols is 1. The first kappa shape index (κ1) is 10.7. The Morgan fingerprint density at radius 2 is 1.89 bits per heavy atom. The molecule has 1 aliphatic heterocycles. The molecule has 2 N–H and O–H groups in total. The summed E-state index contributed by atoms with van der Waals surface area (Å²) in [6.07, 6.45) is 5.57. The van der Waals surface area contributed by atoms with Crippen molar-refractivity contribution in [3.05, 3.63) is 23.8 Å². The van der Waals surface area contributed by atoms with Gasteiger partial charge in [0.25, 0.3) is 0 Å². The Hall–Kier alpha value is -1.22. The van der Waals surface area contributed by atoms with E-state index < -0.39 is 0 Å². The van der Waals surface area contributed by atoms with Crippen LogP contribution in [0.2, 0.25) is 0 Å². The first-order valence-electron chi connectivity index (χ1n) is 7.03. The minimum atomic E-state index is 0.287. The monoisotopic (exact) mass is 245 g/mol. The molecule has 1 unspecified atom stereocenters. The molecule has 2 fully saturated rings. The number of hydrogen-bond donors (Lipinski definition) is 2. The minimum absolute atomic E-state index is 0.287. The van der Waals surface area contributed by atoms with E-state index in [0.29, 0.717) is 18.7 Å². The summed E-state index contributed by atoms with van der Waals surface area (Å²) in [6.45, 7) is 0.703. The van der Waals surface area contributed by atoms with Crippen LogP contribution in [0.3, 0.4) is 0 Å². The summed E-state index contributed by atoms with van der Waals surface area (Å²) in [5.74, 6) is 2.94. The van der Waals surface area contributed by atoms with Crippen molar-refractivity contribution in [3.63, 3.8) is 0 Å². The molecule has 3 nitrogen and oxygen atoms in total. The van der Waals surface area contributed by atoms with E-state index in [9.17, 15) is 5.11 Å². The van der Waals surface area contributed by atoms with Crippen molar-refractivity contribution < 1.29 is 9.84 Å². The van der Waals surface area contributed by atoms with Gasteiger partial charge in [0, 0.05) is 17.7 Å². The fourth-order valence-electron chi connectivity index (χ4n) is 3.14. The smallest absolute Gasteiger partial charge is 0.127 e. The van der Waals surface area contributed by atoms with E-state index in [1.165, 1.54) is 31.2 Å². The minimum Gasteiger partial charge on any atom is -0.508 e. The molecule has 2 aliphatic carbocycles. The largest absolute Gasteiger partial charge is 0.508 e. The molecule has 3 aliphatic rings. The molecule has 4 rings (SSSR count). The Morgan fingerprint density at radius 1 is 1.17 bits per heavy atom. The summed E-state index contributed by atoms with van der Waals surface area (Å²) < 4.78 is 5.67. The average molecular weight is 245 g/mol. The topological polar surface area (TPSA) is 41.5 Å². The first-order valence-corrected chi connectivity index (χ1v) is 7.03. The third-order valence-corrected chi connectivity index (χ3v) is 4.43. The molecule has 18 heavy (non-hydrogen) atoms. The SMILES string of the molecule is Oc1ccc2c(c1)OCC2NC(C1CC1)C1CC1. The van der Waals surface area contributed by atoms with Gasteiger partial charge in [-0.2, -0.15) is 0 Å². The quantitative estimate of drug-likeness (QED) is 0.856. The molecule has 96 valence electrons. The number of ether oxygens (including phenoxy) is 1. The number of aromatic hydroxyl groups is 1. The average Bonchev–Trinajstić information content (AvgIpc) is 3.24. The van der Waals surface area contributed by atoms with Gasteiger partial charge in [0.1, 0.15) is 18.1 Å². The van der Waals surface area contributed by atoms with E-state index in [4.69, 9.17) is 4.74 Å². The number of nitrogens with one attached hydrogen (secondary N) is 1. The van der Waals surface area contributed by atoms with Crippen LogP contribution in [0.4, 0.5) is 0 Å². The van der Waals surface area contributed by atoms with E-state index >= 15 is 0 Å². The molecule has 0 radical (unpaired) electrons. The van der Waals surface area contributed by atoms with Gasteiger partial charge in [0.05, 0.1) is 6.04 Å². The fourth-order valence-corrected chi connectivity index (χ4v) is 3.14. The number of rotatable bonds is 4. The molecule has 2 saturated carbocycles. The van der Waals surface area contributed by atoms with Crippen LogP contribution in [0, 0.1) is 11.8 Å². The molecule has 0 spiro atoms. The number of benzene rings is 1. The number of hydrogen-bond acceptors (Lipinski definition) is 3. The van der Waals surface area contributed by atoms with E-state index in [-0.39, 0.29) is 5.75 Å². The van der Waals surface area contributed by atoms with E-state index in [1.54, 1.807) is 12.1 Å². The standard InChI is InChI=1S/C15H19NO2/c17-11-5-6-12-13(8-18-14(12)7-11)16-15(9-1-2-9)10-3-4-10/h5-7,9-10,13,15-17H,1-4,8H2. The van der Waals surface area contributed by atoms with Crippen molar-refractivity contribution in [2.75, 3.05) is 6.61 Å². The van der Waals surface area contributed by atoms with E-state index in [0.717, 1.165) is 17.6 Å². The summed E-state index contributed by atoms with van der Waals surface area (Å²) in [6, 6.07) is 6.47. The maximum Gasteiger partial charge on any atom is 0.127 e. The van der Waals surface area contributed by atoms with Gasteiger partial charge in [0.15, 0.2) is 0 Å². The Balaban J connectivity index is 1.53. The molecule has 1 heterocycles. The van der Waals surface area contributed by atoms with Crippen molar-refractivity contribution in [1.82, 2.24) is 5.32 Å². The molecule has 1 aromatic carbocycles. The third-order valence-electron chi connectivity index (χ3n) is 4.43. The molecular weight excluding hydrogens is 226 g/mol. The van der Waals surface area contributed by atoms with Gasteiger partial charge >= 0.3 is 0 Å². The van der Waals surface area contributed by atoms with Crippen LogP contribution < -0.4 is 10.1 Å². The van der Waals surface area contributed by atoms with Crippen LogP contribution in [0.1, 0.15) is 37.3 Å². The summed E-state index contributed by atoms with van der Waals surface area (Å²) >= 11 is 0. The van der Waals surface area contributed by atoms with Gasteiger partial charge in [-0.3, -0.25) is 0 Å². The lowest BCUT2D eigenvalue weighted by Crippen LogP contribution is -2.37. The Bertz CT molecular complexity index is 454. The molecule has 1 atom stereocenters. The van der Waals surface area contributed by atoms with Gasteiger partial charge in [-0.15, -0.1) is 0 Å². The second-order valence-electron chi connectivity index (χ2n) is 5.95. The molecule has 0 saturated heterocycles. The van der Waals surface area contributed by atoms with Crippen molar-refractivity contribution in [3.8, 4) is 11.5 Å². The first-order chi connectivity index (χ1) is 8.81. The molecule has 0 aromatic heterocycles. The zero-order valence-electron chi connectivity index (χ0n) is 10.4. The normalized spacial score (nSPS) is 26.2. The number of phenolic OH excluding ortho intramolecular Hbond substituents is 1. The van der Waals surface area contributed by atoms with Crippen molar-refractivity contribution >= 4 is 0 Å². The molecule has 1 aromatic rings. The second-order valence-corrected chi connectivity index (χ2v) is 5.95. The van der Waals surface area contributed by atoms with Crippen LogP contribution in [0.25, 0.3) is 0 Å². The summed E-state index contributed by atoms with van der Waals surface area (Å²) in [5, 5.41) is 13.3. The Kier molecular flexibility index (Phi) is 2.31. The summed E-state index contributed by atoms with van der Waals surface area (Å²) in [4.78, 5) is 0. The lowest BCUT2D eigenvalue weighted by atomic mass is 10.0. The van der Waals surface area contributed by atoms with E-state index in [1.807, 2.05) is 6.07 Å². The van der Waals surface area contributed by atoms with Gasteiger partial charge in [0.2, 0.25) is 0 Å². The summed E-state index contributed by atoms with van der Waals surface area (Å²) in [5.41, 5.74) is 1.21. The zero-order valence-corrected chi connectivity index (χ0v) is 10.4. The van der Waals surface area contributed by atoms with Gasteiger partial charge in [-0.05, 0) is 49.7 Å². The van der Waals surface area contributed by atoms with Crippen molar-refractivity contribution in [1.29, 1.82) is 0 Å². The maximum atomic E-state index is 9.46. The molecule has 3 heteroatoms. The highest BCUT2D eigenvalue weighted by Gasteiger charge is 2.43. The summed E-state index contributed by atoms with van der Waals surface area (Å²) in [7, 11) is 0. The van der Waals surface area contributed by atoms with Crippen LogP contribution in [-0.4, -0.2) is 17.8 Å². The van der Waals surface area contributed by atoms with Crippen molar-refractivity contribution in [2.45, 2.75) is 37.8 Å². The second kappa shape index (κ2) is 3.89. The molecule has 0 amide bonds. The highest BCUT2D eigenvalue weighted by molar-refractivity contribution is 5.44. The van der Waals surface area contributed by atoms with Crippen LogP contribution in [-0.2, 0) is 0 Å². The fraction of sp³-hybridized carbons (Fsp3) is 0.600.